The quantitative estimate of drug-likeness (QED) is 0.616. The molecule has 2 aromatic carbocycles. The zero-order valence-corrected chi connectivity index (χ0v) is 17.2. The molecule has 0 spiro atoms. The van der Waals surface area contributed by atoms with Crippen molar-refractivity contribution in [2.45, 2.75) is 33.8 Å². The topological polar surface area (TPSA) is 67.4 Å². The van der Waals surface area contributed by atoms with Gasteiger partial charge in [0, 0.05) is 24.0 Å². The Morgan fingerprint density at radius 1 is 1.07 bits per heavy atom. The summed E-state index contributed by atoms with van der Waals surface area (Å²) < 4.78 is 5.63. The molecular weight excluding hydrogens is 364 g/mol. The van der Waals surface area contributed by atoms with Crippen molar-refractivity contribution in [2.75, 3.05) is 16.8 Å². The number of aryl methyl sites for hydroxylation is 1. The molecule has 3 rings (SSSR count). The minimum Gasteiger partial charge on any atom is -0.491 e. The molecule has 0 saturated heterocycles. The predicted molar refractivity (Wildman–Crippen MR) is 116 cm³/mol. The SMILES string of the molecule is CCN(c1ccccc1)c1cc(C(=O)Nc2ccc(OC(C)C)cc2)nc(C)n1. The fraction of sp³-hybridized carbons (Fsp3) is 0.261. The van der Waals surface area contributed by atoms with Gasteiger partial charge in [-0.15, -0.1) is 0 Å². The van der Waals surface area contributed by atoms with Crippen LogP contribution >= 0.6 is 0 Å². The molecule has 0 fully saturated rings. The second-order valence-corrected chi connectivity index (χ2v) is 6.88. The molecule has 0 saturated carbocycles. The second-order valence-electron chi connectivity index (χ2n) is 6.88. The van der Waals surface area contributed by atoms with Gasteiger partial charge < -0.3 is 15.0 Å². The van der Waals surface area contributed by atoms with Crippen LogP contribution in [0.1, 0.15) is 37.1 Å². The summed E-state index contributed by atoms with van der Waals surface area (Å²) >= 11 is 0. The van der Waals surface area contributed by atoms with Crippen LogP contribution in [0.2, 0.25) is 0 Å². The Hall–Kier alpha value is -3.41. The van der Waals surface area contributed by atoms with Crippen molar-refractivity contribution in [3.63, 3.8) is 0 Å². The van der Waals surface area contributed by atoms with E-state index < -0.39 is 0 Å². The van der Waals surface area contributed by atoms with Gasteiger partial charge in [0.2, 0.25) is 0 Å². The van der Waals surface area contributed by atoms with Gasteiger partial charge in [0.1, 0.15) is 23.1 Å². The number of carbonyl (C=O) groups excluding carboxylic acids is 1. The maximum atomic E-state index is 12.8. The summed E-state index contributed by atoms with van der Waals surface area (Å²) in [6.07, 6.45) is 0.101. The maximum absolute atomic E-state index is 12.8. The van der Waals surface area contributed by atoms with Crippen molar-refractivity contribution in [3.8, 4) is 5.75 Å². The van der Waals surface area contributed by atoms with Gasteiger partial charge in [0.15, 0.2) is 0 Å². The lowest BCUT2D eigenvalue weighted by Gasteiger charge is -2.22. The highest BCUT2D eigenvalue weighted by Gasteiger charge is 2.15. The van der Waals surface area contributed by atoms with E-state index in [1.165, 1.54) is 0 Å². The number of carbonyl (C=O) groups is 1. The Balaban J connectivity index is 1.81. The van der Waals surface area contributed by atoms with Crippen LogP contribution in [0.25, 0.3) is 0 Å². The van der Waals surface area contributed by atoms with Gasteiger partial charge in [-0.25, -0.2) is 9.97 Å². The number of aromatic nitrogens is 2. The number of amides is 1. The summed E-state index contributed by atoms with van der Waals surface area (Å²) in [5, 5.41) is 2.89. The zero-order valence-electron chi connectivity index (χ0n) is 17.2. The monoisotopic (exact) mass is 390 g/mol. The largest absolute Gasteiger partial charge is 0.491 e. The molecule has 0 radical (unpaired) electrons. The van der Waals surface area contributed by atoms with Crippen LogP contribution in [-0.2, 0) is 0 Å². The summed E-state index contributed by atoms with van der Waals surface area (Å²) in [6.45, 7) is 8.50. The smallest absolute Gasteiger partial charge is 0.274 e. The van der Waals surface area contributed by atoms with Crippen LogP contribution in [0.4, 0.5) is 17.2 Å². The van der Waals surface area contributed by atoms with Crippen molar-refractivity contribution in [1.29, 1.82) is 0 Å². The molecule has 150 valence electrons. The van der Waals surface area contributed by atoms with Crippen LogP contribution in [0, 0.1) is 6.92 Å². The van der Waals surface area contributed by atoms with Crippen LogP contribution < -0.4 is 15.0 Å². The van der Waals surface area contributed by atoms with Gasteiger partial charge in [-0.1, -0.05) is 18.2 Å². The standard InChI is InChI=1S/C23H26N4O2/c1-5-27(19-9-7-6-8-10-19)22-15-21(24-17(4)25-22)23(28)26-18-11-13-20(14-12-18)29-16(2)3/h6-16H,5H2,1-4H3,(H,26,28). The van der Waals surface area contributed by atoms with Gasteiger partial charge in [-0.2, -0.15) is 0 Å². The van der Waals surface area contributed by atoms with Crippen molar-refractivity contribution in [1.82, 2.24) is 9.97 Å². The van der Waals surface area contributed by atoms with Crippen molar-refractivity contribution < 1.29 is 9.53 Å². The molecule has 0 aliphatic heterocycles. The first-order valence-corrected chi connectivity index (χ1v) is 9.72. The van der Waals surface area contributed by atoms with E-state index in [-0.39, 0.29) is 12.0 Å². The normalized spacial score (nSPS) is 10.7. The van der Waals surface area contributed by atoms with E-state index in [0.717, 1.165) is 18.0 Å². The second kappa shape index (κ2) is 9.19. The number of nitrogens with zero attached hydrogens (tertiary/aromatic N) is 3. The molecular formula is C23H26N4O2. The summed E-state index contributed by atoms with van der Waals surface area (Å²) in [7, 11) is 0. The van der Waals surface area contributed by atoms with Crippen molar-refractivity contribution >= 4 is 23.1 Å². The molecule has 0 unspecified atom stereocenters. The highest BCUT2D eigenvalue weighted by molar-refractivity contribution is 6.03. The summed E-state index contributed by atoms with van der Waals surface area (Å²) in [5.41, 5.74) is 2.02. The molecule has 1 heterocycles. The fourth-order valence-corrected chi connectivity index (χ4v) is 2.98. The Morgan fingerprint density at radius 2 is 1.76 bits per heavy atom. The zero-order chi connectivity index (χ0) is 20.8. The number of ether oxygens (including phenoxy) is 1. The number of hydrogen-bond acceptors (Lipinski definition) is 5. The molecule has 1 N–H and O–H groups in total. The molecule has 6 nitrogen and oxygen atoms in total. The summed E-state index contributed by atoms with van der Waals surface area (Å²) in [4.78, 5) is 23.7. The Kier molecular flexibility index (Phi) is 6.44. The lowest BCUT2D eigenvalue weighted by atomic mass is 10.2. The average molecular weight is 390 g/mol. The van der Waals surface area contributed by atoms with Gasteiger partial charge in [-0.05, 0) is 64.1 Å². The number of rotatable bonds is 7. The Labute approximate surface area is 171 Å². The molecule has 1 aromatic heterocycles. The van der Waals surface area contributed by atoms with E-state index in [1.54, 1.807) is 13.0 Å². The molecule has 3 aromatic rings. The number of anilines is 3. The maximum Gasteiger partial charge on any atom is 0.274 e. The lowest BCUT2D eigenvalue weighted by Crippen LogP contribution is -2.21. The number of nitrogens with one attached hydrogen (secondary N) is 1. The van der Waals surface area contributed by atoms with Gasteiger partial charge >= 0.3 is 0 Å². The molecule has 0 aliphatic carbocycles. The minimum atomic E-state index is -0.279. The van der Waals surface area contributed by atoms with Crippen LogP contribution in [0.3, 0.4) is 0 Å². The fourth-order valence-electron chi connectivity index (χ4n) is 2.98. The van der Waals surface area contributed by atoms with E-state index in [2.05, 4.69) is 15.3 Å². The van der Waals surface area contributed by atoms with E-state index >= 15 is 0 Å². The highest BCUT2D eigenvalue weighted by Crippen LogP contribution is 2.24. The van der Waals surface area contributed by atoms with Crippen LogP contribution in [0.15, 0.2) is 60.7 Å². The first-order chi connectivity index (χ1) is 14.0. The van der Waals surface area contributed by atoms with E-state index in [1.807, 2.05) is 80.3 Å². The summed E-state index contributed by atoms with van der Waals surface area (Å²) in [5.74, 6) is 1.72. The molecule has 1 amide bonds. The first-order valence-electron chi connectivity index (χ1n) is 9.72. The molecule has 0 aliphatic rings. The number of hydrogen-bond donors (Lipinski definition) is 1. The van der Waals surface area contributed by atoms with Crippen LogP contribution in [0.5, 0.6) is 5.75 Å². The molecule has 0 atom stereocenters. The minimum absolute atomic E-state index is 0.101. The number of benzene rings is 2. The van der Waals surface area contributed by atoms with Gasteiger partial charge in [-0.3, -0.25) is 4.79 Å². The average Bonchev–Trinajstić information content (AvgIpc) is 2.70. The van der Waals surface area contributed by atoms with Crippen molar-refractivity contribution in [3.05, 3.63) is 72.2 Å². The summed E-state index contributed by atoms with van der Waals surface area (Å²) in [6, 6.07) is 19.0. The van der Waals surface area contributed by atoms with Crippen LogP contribution in [-0.4, -0.2) is 28.5 Å². The van der Waals surface area contributed by atoms with Crippen molar-refractivity contribution in [2.24, 2.45) is 0 Å². The first kappa shape index (κ1) is 20.3. The third kappa shape index (κ3) is 5.31. The van der Waals surface area contributed by atoms with E-state index in [9.17, 15) is 4.79 Å². The highest BCUT2D eigenvalue weighted by atomic mass is 16.5. The van der Waals surface area contributed by atoms with E-state index in [4.69, 9.17) is 4.74 Å². The number of para-hydroxylation sites is 1. The predicted octanol–water partition coefficient (Wildman–Crippen LogP) is 4.98. The Bertz CT molecular complexity index is 956. The Morgan fingerprint density at radius 3 is 2.38 bits per heavy atom. The third-order valence-corrected chi connectivity index (χ3v) is 4.20. The molecule has 6 heteroatoms. The third-order valence-electron chi connectivity index (χ3n) is 4.20. The van der Waals surface area contributed by atoms with E-state index in [0.29, 0.717) is 23.0 Å². The molecule has 0 bridgehead atoms. The van der Waals surface area contributed by atoms with Gasteiger partial charge in [0.25, 0.3) is 5.91 Å². The van der Waals surface area contributed by atoms with Gasteiger partial charge in [0.05, 0.1) is 6.10 Å². The molecule has 29 heavy (non-hydrogen) atoms. The lowest BCUT2D eigenvalue weighted by molar-refractivity contribution is 0.102.